The van der Waals surface area contributed by atoms with Crippen LogP contribution in [0.25, 0.3) is 0 Å². The zero-order valence-electron chi connectivity index (χ0n) is 12.8. The Morgan fingerprint density at radius 2 is 1.65 bits per heavy atom. The molecule has 5 nitrogen and oxygen atoms in total. The molecule has 0 aliphatic rings. The summed E-state index contributed by atoms with van der Waals surface area (Å²) in [5.41, 5.74) is 1.12. The second-order valence-corrected chi connectivity index (χ2v) is 5.30. The van der Waals surface area contributed by atoms with Crippen molar-refractivity contribution in [3.63, 3.8) is 0 Å². The van der Waals surface area contributed by atoms with Gasteiger partial charge in [0.15, 0.2) is 6.10 Å². The molecule has 2 amide bonds. The zero-order chi connectivity index (χ0) is 16.8. The van der Waals surface area contributed by atoms with Gasteiger partial charge in [-0.15, -0.1) is 0 Å². The van der Waals surface area contributed by atoms with E-state index < -0.39 is 6.10 Å². The van der Waals surface area contributed by atoms with Gasteiger partial charge in [0, 0.05) is 23.3 Å². The maximum atomic E-state index is 12.1. The van der Waals surface area contributed by atoms with Gasteiger partial charge in [-0.3, -0.25) is 9.59 Å². The molecule has 0 bridgehead atoms. The molecule has 0 aliphatic carbocycles. The largest absolute Gasteiger partial charge is 0.481 e. The number of rotatable bonds is 5. The topological polar surface area (TPSA) is 67.4 Å². The van der Waals surface area contributed by atoms with Crippen molar-refractivity contribution in [1.29, 1.82) is 0 Å². The van der Waals surface area contributed by atoms with Crippen molar-refractivity contribution in [2.24, 2.45) is 0 Å². The molecule has 0 heterocycles. The lowest BCUT2D eigenvalue weighted by Crippen LogP contribution is -2.30. The van der Waals surface area contributed by atoms with E-state index in [0.717, 1.165) is 0 Å². The van der Waals surface area contributed by atoms with E-state index in [1.54, 1.807) is 62.5 Å². The molecule has 2 aromatic carbocycles. The number of carbonyl (C=O) groups is 2. The fourth-order valence-electron chi connectivity index (χ4n) is 1.86. The van der Waals surface area contributed by atoms with Gasteiger partial charge in [0.1, 0.15) is 5.75 Å². The summed E-state index contributed by atoms with van der Waals surface area (Å²) < 4.78 is 5.55. The highest BCUT2D eigenvalue weighted by molar-refractivity contribution is 6.30. The molecule has 2 aromatic rings. The molecule has 120 valence electrons. The molecular formula is C17H17ClN2O3. The van der Waals surface area contributed by atoms with Crippen molar-refractivity contribution in [1.82, 2.24) is 5.32 Å². The second-order valence-electron chi connectivity index (χ2n) is 4.86. The summed E-state index contributed by atoms with van der Waals surface area (Å²) in [5.74, 6) is 0.0991. The average molecular weight is 333 g/mol. The van der Waals surface area contributed by atoms with Crippen LogP contribution in [0.4, 0.5) is 5.69 Å². The highest BCUT2D eigenvalue weighted by Crippen LogP contribution is 2.17. The maximum absolute atomic E-state index is 12.1. The first-order chi connectivity index (χ1) is 11.0. The molecule has 0 aromatic heterocycles. The molecule has 0 radical (unpaired) electrons. The van der Waals surface area contributed by atoms with Gasteiger partial charge < -0.3 is 15.4 Å². The molecule has 6 heteroatoms. The number of hydrogen-bond donors (Lipinski definition) is 2. The molecule has 0 aliphatic heterocycles. The quantitative estimate of drug-likeness (QED) is 0.884. The Morgan fingerprint density at radius 3 is 2.22 bits per heavy atom. The number of benzene rings is 2. The van der Waals surface area contributed by atoms with E-state index in [9.17, 15) is 9.59 Å². The van der Waals surface area contributed by atoms with E-state index in [0.29, 0.717) is 22.0 Å². The fraction of sp³-hybridized carbons (Fsp3) is 0.176. The summed E-state index contributed by atoms with van der Waals surface area (Å²) in [7, 11) is 1.56. The highest BCUT2D eigenvalue weighted by atomic mass is 35.5. The van der Waals surface area contributed by atoms with Gasteiger partial charge in [-0.1, -0.05) is 11.6 Å². The van der Waals surface area contributed by atoms with E-state index in [1.165, 1.54) is 0 Å². The lowest BCUT2D eigenvalue weighted by molar-refractivity contribution is -0.122. The van der Waals surface area contributed by atoms with Gasteiger partial charge in [-0.25, -0.2) is 0 Å². The molecule has 23 heavy (non-hydrogen) atoms. The normalized spacial score (nSPS) is 11.4. The third kappa shape index (κ3) is 4.72. The Labute approximate surface area is 139 Å². The minimum Gasteiger partial charge on any atom is -0.481 e. The molecule has 0 spiro atoms. The number of ether oxygens (including phenoxy) is 1. The molecule has 0 fully saturated rings. The summed E-state index contributed by atoms with van der Waals surface area (Å²) in [6.45, 7) is 1.66. The highest BCUT2D eigenvalue weighted by Gasteiger charge is 2.15. The number of carbonyl (C=O) groups excluding carboxylic acids is 2. The lowest BCUT2D eigenvalue weighted by atomic mass is 10.2. The molecule has 0 saturated carbocycles. The van der Waals surface area contributed by atoms with Crippen LogP contribution in [0.2, 0.25) is 5.02 Å². The smallest absolute Gasteiger partial charge is 0.265 e. The molecule has 1 atom stereocenters. The average Bonchev–Trinajstić information content (AvgIpc) is 2.56. The number of hydrogen-bond acceptors (Lipinski definition) is 3. The fourth-order valence-corrected chi connectivity index (χ4v) is 1.99. The van der Waals surface area contributed by atoms with Crippen LogP contribution in [0.5, 0.6) is 5.75 Å². The number of amides is 2. The van der Waals surface area contributed by atoms with Crippen molar-refractivity contribution in [2.75, 3.05) is 12.4 Å². The van der Waals surface area contributed by atoms with Crippen LogP contribution < -0.4 is 15.4 Å². The van der Waals surface area contributed by atoms with E-state index in [2.05, 4.69) is 10.6 Å². The van der Waals surface area contributed by atoms with Gasteiger partial charge >= 0.3 is 0 Å². The molecule has 2 rings (SSSR count). The zero-order valence-corrected chi connectivity index (χ0v) is 13.6. The van der Waals surface area contributed by atoms with Crippen molar-refractivity contribution >= 4 is 29.1 Å². The standard InChI is InChI=1S/C17H17ClN2O3/c1-11(23-15-9-5-13(18)6-10-15)16(21)20-14-7-3-12(4-8-14)17(22)19-2/h3-11H,1-2H3,(H,19,22)(H,20,21)/t11-/m0/s1. The third-order valence-corrected chi connectivity index (χ3v) is 3.39. The van der Waals surface area contributed by atoms with Crippen LogP contribution in [-0.4, -0.2) is 25.0 Å². The predicted octanol–water partition coefficient (Wildman–Crippen LogP) is 3.11. The number of anilines is 1. The predicted molar refractivity (Wildman–Crippen MR) is 90.0 cm³/mol. The van der Waals surface area contributed by atoms with Crippen molar-refractivity contribution in [2.45, 2.75) is 13.0 Å². The summed E-state index contributed by atoms with van der Waals surface area (Å²) in [6.07, 6.45) is -0.671. The van der Waals surface area contributed by atoms with Gasteiger partial charge in [0.05, 0.1) is 0 Å². The SMILES string of the molecule is CNC(=O)c1ccc(NC(=O)[C@H](C)Oc2ccc(Cl)cc2)cc1. The van der Waals surface area contributed by atoms with Crippen LogP contribution in [0.1, 0.15) is 17.3 Å². The van der Waals surface area contributed by atoms with Crippen LogP contribution >= 0.6 is 11.6 Å². The van der Waals surface area contributed by atoms with Crippen LogP contribution in [0.3, 0.4) is 0 Å². The second kappa shape index (κ2) is 7.65. The van der Waals surface area contributed by atoms with Crippen LogP contribution in [-0.2, 0) is 4.79 Å². The van der Waals surface area contributed by atoms with E-state index in [1.807, 2.05) is 0 Å². The Morgan fingerprint density at radius 1 is 1.04 bits per heavy atom. The summed E-state index contributed by atoms with van der Waals surface area (Å²) >= 11 is 5.80. The van der Waals surface area contributed by atoms with Crippen molar-refractivity contribution in [3.05, 3.63) is 59.1 Å². The van der Waals surface area contributed by atoms with Crippen molar-refractivity contribution in [3.8, 4) is 5.75 Å². The van der Waals surface area contributed by atoms with E-state index >= 15 is 0 Å². The number of halogens is 1. The summed E-state index contributed by atoms with van der Waals surface area (Å²) in [6, 6.07) is 13.4. The van der Waals surface area contributed by atoms with Gasteiger partial charge in [-0.2, -0.15) is 0 Å². The molecular weight excluding hydrogens is 316 g/mol. The Kier molecular flexibility index (Phi) is 5.60. The van der Waals surface area contributed by atoms with Gasteiger partial charge in [-0.05, 0) is 55.5 Å². The van der Waals surface area contributed by atoms with Crippen LogP contribution in [0, 0.1) is 0 Å². The first-order valence-electron chi connectivity index (χ1n) is 7.05. The molecule has 2 N–H and O–H groups in total. The molecule has 0 unspecified atom stereocenters. The summed E-state index contributed by atoms with van der Waals surface area (Å²) in [5, 5.41) is 5.87. The Bertz CT molecular complexity index is 684. The monoisotopic (exact) mass is 332 g/mol. The summed E-state index contributed by atoms with van der Waals surface area (Å²) in [4.78, 5) is 23.6. The minimum absolute atomic E-state index is 0.178. The first-order valence-corrected chi connectivity index (χ1v) is 7.42. The Hall–Kier alpha value is -2.53. The van der Waals surface area contributed by atoms with Crippen LogP contribution in [0.15, 0.2) is 48.5 Å². The first kappa shape index (κ1) is 16.8. The molecule has 0 saturated heterocycles. The van der Waals surface area contributed by atoms with Gasteiger partial charge in [0.2, 0.25) is 0 Å². The van der Waals surface area contributed by atoms with E-state index in [4.69, 9.17) is 16.3 Å². The van der Waals surface area contributed by atoms with Gasteiger partial charge in [0.25, 0.3) is 11.8 Å². The van der Waals surface area contributed by atoms with Crippen molar-refractivity contribution < 1.29 is 14.3 Å². The maximum Gasteiger partial charge on any atom is 0.265 e. The Balaban J connectivity index is 1.95. The lowest BCUT2D eigenvalue weighted by Gasteiger charge is -2.15. The minimum atomic E-state index is -0.671. The third-order valence-electron chi connectivity index (χ3n) is 3.14. The van der Waals surface area contributed by atoms with E-state index in [-0.39, 0.29) is 11.8 Å². The number of nitrogens with one attached hydrogen (secondary N) is 2.